The van der Waals surface area contributed by atoms with E-state index in [1.165, 1.54) is 32.5 Å². The Morgan fingerprint density at radius 3 is 2.25 bits per heavy atom. The van der Waals surface area contributed by atoms with Gasteiger partial charge in [-0.3, -0.25) is 4.79 Å². The molecule has 2 fully saturated rings. The summed E-state index contributed by atoms with van der Waals surface area (Å²) in [4.78, 5) is 16.8. The fourth-order valence-electron chi connectivity index (χ4n) is 3.24. The minimum atomic E-state index is 0.104. The maximum atomic E-state index is 11.7. The zero-order valence-corrected chi connectivity index (χ0v) is 13.4. The first-order valence-corrected chi connectivity index (χ1v) is 8.26. The topological polar surface area (TPSA) is 35.6 Å². The van der Waals surface area contributed by atoms with Gasteiger partial charge in [0, 0.05) is 31.6 Å². The molecule has 0 aliphatic carbocycles. The van der Waals surface area contributed by atoms with Crippen LogP contribution in [0.3, 0.4) is 0 Å². The van der Waals surface area contributed by atoms with Crippen LogP contribution in [0.5, 0.6) is 0 Å². The summed E-state index contributed by atoms with van der Waals surface area (Å²) in [6.45, 7) is 10.00. The number of carbonyl (C=O) groups is 1. The first-order chi connectivity index (χ1) is 9.54. The van der Waals surface area contributed by atoms with E-state index >= 15 is 0 Å². The summed E-state index contributed by atoms with van der Waals surface area (Å²) in [6, 6.07) is 0.402. The van der Waals surface area contributed by atoms with E-state index in [0.717, 1.165) is 31.8 Å². The third kappa shape index (κ3) is 4.74. The van der Waals surface area contributed by atoms with E-state index in [1.807, 2.05) is 13.8 Å². The number of likely N-dealkylation sites (tertiary alicyclic amines) is 2. The van der Waals surface area contributed by atoms with Crippen molar-refractivity contribution >= 4 is 5.91 Å². The summed E-state index contributed by atoms with van der Waals surface area (Å²) in [6.07, 6.45) is 4.93. The highest BCUT2D eigenvalue weighted by molar-refractivity contribution is 5.78. The number of hydrogen-bond acceptors (Lipinski definition) is 3. The molecular formula is C16H31N3O. The second-order valence-electron chi connectivity index (χ2n) is 6.98. The van der Waals surface area contributed by atoms with Crippen LogP contribution in [0.25, 0.3) is 0 Å². The first kappa shape index (κ1) is 15.8. The zero-order chi connectivity index (χ0) is 14.5. The molecule has 0 aromatic heterocycles. The van der Waals surface area contributed by atoms with Crippen molar-refractivity contribution in [3.05, 3.63) is 0 Å². The number of piperidine rings is 2. The fourth-order valence-corrected chi connectivity index (χ4v) is 3.24. The largest absolute Gasteiger partial charge is 0.353 e. The third-order valence-corrected chi connectivity index (χ3v) is 4.81. The number of nitrogens with one attached hydrogen (secondary N) is 1. The van der Waals surface area contributed by atoms with Crippen molar-refractivity contribution in [2.24, 2.45) is 11.8 Å². The lowest BCUT2D eigenvalue weighted by Crippen LogP contribution is -2.47. The molecule has 0 atom stereocenters. The fraction of sp³-hybridized carbons (Fsp3) is 0.938. The highest BCUT2D eigenvalue weighted by Crippen LogP contribution is 2.20. The molecule has 4 nitrogen and oxygen atoms in total. The molecule has 2 aliphatic rings. The Morgan fingerprint density at radius 1 is 1.10 bits per heavy atom. The number of carbonyl (C=O) groups excluding carboxylic acids is 1. The average Bonchev–Trinajstić information content (AvgIpc) is 2.43. The van der Waals surface area contributed by atoms with Crippen LogP contribution in [0.4, 0.5) is 0 Å². The Hall–Kier alpha value is -0.610. The Labute approximate surface area is 123 Å². The van der Waals surface area contributed by atoms with Gasteiger partial charge in [-0.15, -0.1) is 0 Å². The minimum absolute atomic E-state index is 0.104. The van der Waals surface area contributed by atoms with Gasteiger partial charge < -0.3 is 15.1 Å². The summed E-state index contributed by atoms with van der Waals surface area (Å²) >= 11 is 0. The molecule has 0 spiro atoms. The molecule has 0 aromatic carbocycles. The predicted octanol–water partition coefficient (Wildman–Crippen LogP) is 1.56. The van der Waals surface area contributed by atoms with E-state index in [2.05, 4.69) is 22.2 Å². The van der Waals surface area contributed by atoms with Gasteiger partial charge in [-0.2, -0.15) is 0 Å². The molecular weight excluding hydrogens is 250 g/mol. The van der Waals surface area contributed by atoms with Gasteiger partial charge in [0.15, 0.2) is 0 Å². The third-order valence-electron chi connectivity index (χ3n) is 4.81. The molecule has 2 aliphatic heterocycles. The molecule has 116 valence electrons. The molecule has 0 aromatic rings. The molecule has 0 bridgehead atoms. The van der Waals surface area contributed by atoms with Crippen LogP contribution in [0, 0.1) is 11.8 Å². The molecule has 0 radical (unpaired) electrons. The molecule has 2 saturated heterocycles. The molecule has 4 heteroatoms. The van der Waals surface area contributed by atoms with Gasteiger partial charge in [-0.05, 0) is 51.7 Å². The lowest BCUT2D eigenvalue weighted by molar-refractivity contribution is -0.125. The number of hydrogen-bond donors (Lipinski definition) is 1. The summed E-state index contributed by atoms with van der Waals surface area (Å²) in [5.41, 5.74) is 0. The maximum Gasteiger partial charge on any atom is 0.222 e. The standard InChI is InChI=1S/C16H31N3O/c1-13(2)16(20)17-15-6-10-19(11-7-15)12-14-4-8-18(3)9-5-14/h13-15H,4-12H2,1-3H3,(H,17,20). The van der Waals surface area contributed by atoms with Crippen molar-refractivity contribution in [3.63, 3.8) is 0 Å². The van der Waals surface area contributed by atoms with E-state index in [4.69, 9.17) is 0 Å². The van der Waals surface area contributed by atoms with Crippen molar-refractivity contribution in [2.75, 3.05) is 39.8 Å². The van der Waals surface area contributed by atoms with Crippen LogP contribution in [-0.2, 0) is 4.79 Å². The summed E-state index contributed by atoms with van der Waals surface area (Å²) in [5, 5.41) is 3.18. The van der Waals surface area contributed by atoms with E-state index in [9.17, 15) is 4.79 Å². The van der Waals surface area contributed by atoms with E-state index in [0.29, 0.717) is 6.04 Å². The van der Waals surface area contributed by atoms with Gasteiger partial charge >= 0.3 is 0 Å². The highest BCUT2D eigenvalue weighted by atomic mass is 16.1. The van der Waals surface area contributed by atoms with Crippen LogP contribution >= 0.6 is 0 Å². The number of amides is 1. The monoisotopic (exact) mass is 281 g/mol. The number of nitrogens with zero attached hydrogens (tertiary/aromatic N) is 2. The van der Waals surface area contributed by atoms with E-state index in [-0.39, 0.29) is 11.8 Å². The Bertz CT molecular complexity index is 303. The van der Waals surface area contributed by atoms with Crippen LogP contribution in [-0.4, -0.2) is 61.5 Å². The second-order valence-corrected chi connectivity index (χ2v) is 6.98. The Morgan fingerprint density at radius 2 is 1.70 bits per heavy atom. The van der Waals surface area contributed by atoms with Crippen molar-refractivity contribution in [1.29, 1.82) is 0 Å². The van der Waals surface area contributed by atoms with Crippen LogP contribution in [0.2, 0.25) is 0 Å². The average molecular weight is 281 g/mol. The molecule has 1 N–H and O–H groups in total. The molecule has 0 unspecified atom stereocenters. The predicted molar refractivity (Wildman–Crippen MR) is 82.7 cm³/mol. The van der Waals surface area contributed by atoms with Crippen LogP contribution < -0.4 is 5.32 Å². The van der Waals surface area contributed by atoms with Crippen molar-refractivity contribution in [3.8, 4) is 0 Å². The van der Waals surface area contributed by atoms with Gasteiger partial charge in [-0.25, -0.2) is 0 Å². The summed E-state index contributed by atoms with van der Waals surface area (Å²) in [5.74, 6) is 1.19. The number of rotatable bonds is 4. The van der Waals surface area contributed by atoms with E-state index in [1.54, 1.807) is 0 Å². The quantitative estimate of drug-likeness (QED) is 0.849. The molecule has 0 saturated carbocycles. The maximum absolute atomic E-state index is 11.7. The van der Waals surface area contributed by atoms with Gasteiger partial charge in [-0.1, -0.05) is 13.8 Å². The molecule has 2 heterocycles. The lowest BCUT2D eigenvalue weighted by Gasteiger charge is -2.37. The van der Waals surface area contributed by atoms with Gasteiger partial charge in [0.05, 0.1) is 0 Å². The Balaban J connectivity index is 1.65. The van der Waals surface area contributed by atoms with Crippen LogP contribution in [0.15, 0.2) is 0 Å². The SMILES string of the molecule is CC(C)C(=O)NC1CCN(CC2CCN(C)CC2)CC1. The van der Waals surface area contributed by atoms with Crippen molar-refractivity contribution < 1.29 is 4.79 Å². The van der Waals surface area contributed by atoms with E-state index < -0.39 is 0 Å². The molecule has 1 amide bonds. The van der Waals surface area contributed by atoms with Crippen molar-refractivity contribution in [1.82, 2.24) is 15.1 Å². The van der Waals surface area contributed by atoms with Gasteiger partial charge in [0.2, 0.25) is 5.91 Å². The smallest absolute Gasteiger partial charge is 0.222 e. The molecule has 2 rings (SSSR count). The Kier molecular flexibility index (Phi) is 5.85. The molecule has 20 heavy (non-hydrogen) atoms. The minimum Gasteiger partial charge on any atom is -0.353 e. The normalized spacial score (nSPS) is 24.2. The summed E-state index contributed by atoms with van der Waals surface area (Å²) in [7, 11) is 2.22. The second kappa shape index (κ2) is 7.41. The summed E-state index contributed by atoms with van der Waals surface area (Å²) < 4.78 is 0. The first-order valence-electron chi connectivity index (χ1n) is 8.26. The van der Waals surface area contributed by atoms with Crippen molar-refractivity contribution in [2.45, 2.75) is 45.6 Å². The zero-order valence-electron chi connectivity index (χ0n) is 13.4. The van der Waals surface area contributed by atoms with Gasteiger partial charge in [0.1, 0.15) is 0 Å². The lowest BCUT2D eigenvalue weighted by atomic mass is 9.95. The van der Waals surface area contributed by atoms with Gasteiger partial charge in [0.25, 0.3) is 0 Å². The van der Waals surface area contributed by atoms with Crippen LogP contribution in [0.1, 0.15) is 39.5 Å². The highest BCUT2D eigenvalue weighted by Gasteiger charge is 2.24.